The van der Waals surface area contributed by atoms with Gasteiger partial charge in [-0.3, -0.25) is 4.40 Å². The number of ether oxygens (including phenoxy) is 1. The van der Waals surface area contributed by atoms with Crippen molar-refractivity contribution >= 4 is 27.5 Å². The van der Waals surface area contributed by atoms with Gasteiger partial charge in [0.25, 0.3) is 0 Å². The van der Waals surface area contributed by atoms with Crippen molar-refractivity contribution in [3.05, 3.63) is 34.7 Å². The Hall–Kier alpha value is -1.71. The van der Waals surface area contributed by atoms with E-state index in [-0.39, 0.29) is 5.65 Å². The molecule has 2 rings (SSSR count). The largest absolute Gasteiger partial charge is 0.501 e. The smallest absolute Gasteiger partial charge is 0.389 e. The molecular formula is C10H4BrF5N2O2. The Morgan fingerprint density at radius 1 is 1.25 bits per heavy atom. The van der Waals surface area contributed by atoms with Crippen LogP contribution < -0.4 is 0 Å². The molecule has 0 atom stereocenters. The van der Waals surface area contributed by atoms with Crippen LogP contribution in [0.5, 0.6) is 0 Å². The van der Waals surface area contributed by atoms with E-state index < -0.39 is 23.9 Å². The van der Waals surface area contributed by atoms with Gasteiger partial charge >= 0.3 is 18.3 Å². The summed E-state index contributed by atoms with van der Waals surface area (Å²) in [5, 5.41) is 0. The van der Waals surface area contributed by atoms with Crippen LogP contribution in [0.25, 0.3) is 5.65 Å². The number of aromatic nitrogens is 2. The molecule has 0 unspecified atom stereocenters. The van der Waals surface area contributed by atoms with Gasteiger partial charge in [-0.2, -0.15) is 22.0 Å². The molecule has 2 heterocycles. The molecule has 108 valence electrons. The van der Waals surface area contributed by atoms with Gasteiger partial charge in [-0.05, 0) is 28.1 Å². The van der Waals surface area contributed by atoms with Crippen molar-refractivity contribution < 1.29 is 31.5 Å². The van der Waals surface area contributed by atoms with Crippen LogP contribution in [0.1, 0.15) is 10.5 Å². The van der Waals surface area contributed by atoms with Gasteiger partial charge in [-0.1, -0.05) is 6.07 Å². The molecule has 0 saturated carbocycles. The maximum Gasteiger partial charge on any atom is 0.501 e. The Morgan fingerprint density at radius 3 is 2.45 bits per heavy atom. The number of carbonyl (C=O) groups is 1. The maximum absolute atomic E-state index is 12.6. The molecule has 2 aromatic rings. The van der Waals surface area contributed by atoms with Gasteiger partial charge in [0, 0.05) is 6.20 Å². The number of rotatable bonds is 2. The van der Waals surface area contributed by atoms with Crippen LogP contribution in [-0.2, 0) is 4.74 Å². The highest BCUT2D eigenvalue weighted by Crippen LogP contribution is 2.36. The van der Waals surface area contributed by atoms with E-state index in [4.69, 9.17) is 0 Å². The fraction of sp³-hybridized carbons (Fsp3) is 0.200. The first kappa shape index (κ1) is 14.7. The molecule has 0 aliphatic heterocycles. The van der Waals surface area contributed by atoms with Crippen molar-refractivity contribution in [2.75, 3.05) is 0 Å². The van der Waals surface area contributed by atoms with Crippen LogP contribution in [0, 0.1) is 0 Å². The number of carbonyl (C=O) groups excluding carboxylic acids is 1. The first-order valence-electron chi connectivity index (χ1n) is 4.93. The summed E-state index contributed by atoms with van der Waals surface area (Å²) in [5.74, 6) is -1.87. The lowest BCUT2D eigenvalue weighted by Gasteiger charge is -2.18. The molecule has 0 fully saturated rings. The van der Waals surface area contributed by atoms with Gasteiger partial charge in [0.2, 0.25) is 0 Å². The highest BCUT2D eigenvalue weighted by Gasteiger charge is 2.62. The quantitative estimate of drug-likeness (QED) is 0.469. The van der Waals surface area contributed by atoms with Crippen molar-refractivity contribution in [1.29, 1.82) is 0 Å². The van der Waals surface area contributed by atoms with Crippen LogP contribution >= 0.6 is 15.9 Å². The van der Waals surface area contributed by atoms with Crippen molar-refractivity contribution in [1.82, 2.24) is 9.38 Å². The van der Waals surface area contributed by atoms with Crippen LogP contribution in [0.2, 0.25) is 0 Å². The number of hydrogen-bond acceptors (Lipinski definition) is 3. The molecule has 0 radical (unpaired) electrons. The number of fused-ring (bicyclic) bond motifs is 1. The number of halogens is 6. The fourth-order valence-electron chi connectivity index (χ4n) is 1.30. The van der Waals surface area contributed by atoms with E-state index >= 15 is 0 Å². The minimum Gasteiger partial charge on any atom is -0.389 e. The molecule has 10 heteroatoms. The highest BCUT2D eigenvalue weighted by molar-refractivity contribution is 9.10. The fourth-order valence-corrected chi connectivity index (χ4v) is 1.74. The lowest BCUT2D eigenvalue weighted by molar-refractivity contribution is -0.370. The zero-order valence-corrected chi connectivity index (χ0v) is 10.9. The van der Waals surface area contributed by atoms with Gasteiger partial charge in [-0.25, -0.2) is 9.78 Å². The summed E-state index contributed by atoms with van der Waals surface area (Å²) in [5.41, 5.74) is -0.484. The predicted octanol–water partition coefficient (Wildman–Crippen LogP) is 3.41. The van der Waals surface area contributed by atoms with E-state index in [0.29, 0.717) is 4.60 Å². The number of imidazole rings is 1. The van der Waals surface area contributed by atoms with Gasteiger partial charge in [0.15, 0.2) is 5.69 Å². The zero-order valence-electron chi connectivity index (χ0n) is 9.29. The molecule has 0 bridgehead atoms. The minimum absolute atomic E-state index is 0.182. The number of pyridine rings is 1. The molecule has 4 nitrogen and oxygen atoms in total. The molecule has 0 amide bonds. The predicted molar refractivity (Wildman–Crippen MR) is 59.3 cm³/mol. The van der Waals surface area contributed by atoms with E-state index in [2.05, 4.69) is 25.7 Å². The average molecular weight is 359 g/mol. The third kappa shape index (κ3) is 2.60. The first-order valence-corrected chi connectivity index (χ1v) is 5.72. The van der Waals surface area contributed by atoms with Gasteiger partial charge in [0.1, 0.15) is 5.65 Å². The maximum atomic E-state index is 12.6. The lowest BCUT2D eigenvalue weighted by atomic mass is 10.5. The molecule has 0 saturated heterocycles. The lowest BCUT2D eigenvalue weighted by Crippen LogP contribution is -2.40. The topological polar surface area (TPSA) is 43.6 Å². The monoisotopic (exact) mass is 358 g/mol. The van der Waals surface area contributed by atoms with Crippen LogP contribution in [-0.4, -0.2) is 27.6 Å². The Labute approximate surface area is 116 Å². The second kappa shape index (κ2) is 4.69. The second-order valence-electron chi connectivity index (χ2n) is 3.61. The number of esters is 1. The van der Waals surface area contributed by atoms with Crippen LogP contribution in [0.4, 0.5) is 22.0 Å². The molecule has 0 N–H and O–H groups in total. The van der Waals surface area contributed by atoms with Crippen LogP contribution in [0.3, 0.4) is 0 Å². The van der Waals surface area contributed by atoms with E-state index in [1.54, 1.807) is 12.1 Å². The Morgan fingerprint density at radius 2 is 1.90 bits per heavy atom. The second-order valence-corrected chi connectivity index (χ2v) is 4.42. The minimum atomic E-state index is -5.98. The summed E-state index contributed by atoms with van der Waals surface area (Å²) < 4.78 is 65.8. The summed E-state index contributed by atoms with van der Waals surface area (Å²) in [4.78, 5) is 14.9. The average Bonchev–Trinajstić information content (AvgIpc) is 2.72. The van der Waals surface area contributed by atoms with Crippen molar-refractivity contribution in [2.24, 2.45) is 0 Å². The number of nitrogens with zero attached hydrogens (tertiary/aromatic N) is 2. The molecule has 2 aromatic heterocycles. The molecule has 20 heavy (non-hydrogen) atoms. The summed E-state index contributed by atoms with van der Waals surface area (Å²) in [7, 11) is 0. The summed E-state index contributed by atoms with van der Waals surface area (Å²) in [6, 6.07) is 4.55. The Kier molecular flexibility index (Phi) is 3.44. The Balaban J connectivity index is 2.31. The molecule has 0 spiro atoms. The van der Waals surface area contributed by atoms with Crippen molar-refractivity contribution in [2.45, 2.75) is 12.3 Å². The Bertz CT molecular complexity index is 667. The highest BCUT2D eigenvalue weighted by atomic mass is 79.9. The van der Waals surface area contributed by atoms with Crippen molar-refractivity contribution in [3.8, 4) is 0 Å². The van der Waals surface area contributed by atoms with E-state index in [1.165, 1.54) is 10.5 Å². The van der Waals surface area contributed by atoms with Gasteiger partial charge in [-0.15, -0.1) is 0 Å². The molecule has 0 aliphatic rings. The number of alkyl halides is 5. The third-order valence-electron chi connectivity index (χ3n) is 2.20. The van der Waals surface area contributed by atoms with E-state index in [0.717, 1.165) is 6.20 Å². The first-order chi connectivity index (χ1) is 9.12. The number of hydrogen-bond donors (Lipinski definition) is 0. The van der Waals surface area contributed by atoms with Crippen molar-refractivity contribution in [3.63, 3.8) is 0 Å². The zero-order chi connectivity index (χ0) is 15.1. The summed E-state index contributed by atoms with van der Waals surface area (Å²) in [6.07, 6.45) is -10.6. The molecule has 0 aliphatic carbocycles. The summed E-state index contributed by atoms with van der Waals surface area (Å²) >= 11 is 3.10. The SMILES string of the molecule is O=C(OC(F)(F)C(F)(F)F)c1cn2c(Br)cccc2n1. The van der Waals surface area contributed by atoms with Gasteiger partial charge < -0.3 is 4.74 Å². The normalized spacial score (nSPS) is 12.7. The van der Waals surface area contributed by atoms with E-state index in [1.807, 2.05) is 0 Å². The van der Waals surface area contributed by atoms with Crippen LogP contribution in [0.15, 0.2) is 29.0 Å². The third-order valence-corrected chi connectivity index (χ3v) is 2.85. The molecule has 0 aromatic carbocycles. The summed E-state index contributed by atoms with van der Waals surface area (Å²) in [6.45, 7) is 0. The molecular weight excluding hydrogens is 355 g/mol. The standard InChI is InChI=1S/C10H4BrF5N2O2/c11-6-2-1-3-7-17-5(4-18(6)7)8(19)20-10(15,16)9(12,13)14/h1-4H. The van der Waals surface area contributed by atoms with Gasteiger partial charge in [0.05, 0.1) is 4.60 Å². The van der Waals surface area contributed by atoms with E-state index in [9.17, 15) is 26.7 Å².